The molecule has 0 saturated heterocycles. The van der Waals surface area contributed by atoms with E-state index in [4.69, 9.17) is 10.5 Å². The Hall–Kier alpha value is -2.82. The topological polar surface area (TPSA) is 76.7 Å². The molecule has 2 aromatic rings. The largest absolute Gasteiger partial charge is 0.493 e. The molecule has 0 aliphatic heterocycles. The Bertz CT molecular complexity index is 595. The van der Waals surface area contributed by atoms with Gasteiger partial charge < -0.3 is 10.5 Å². The summed E-state index contributed by atoms with van der Waals surface area (Å²) in [5.41, 5.74) is 9.13. The number of nitrogens with zero attached hydrogens (tertiary/aromatic N) is 1. The average molecular weight is 283 g/mol. The van der Waals surface area contributed by atoms with Crippen LogP contribution in [0.3, 0.4) is 0 Å². The van der Waals surface area contributed by atoms with Gasteiger partial charge in [-0.15, -0.1) is 0 Å². The van der Waals surface area contributed by atoms with Crippen molar-refractivity contribution in [3.8, 4) is 5.75 Å². The first-order valence-corrected chi connectivity index (χ1v) is 6.59. The number of benzene rings is 2. The van der Waals surface area contributed by atoms with Gasteiger partial charge in [0.25, 0.3) is 0 Å². The van der Waals surface area contributed by atoms with Gasteiger partial charge in [-0.3, -0.25) is 0 Å². The third kappa shape index (κ3) is 5.36. The van der Waals surface area contributed by atoms with Gasteiger partial charge >= 0.3 is 6.03 Å². The SMILES string of the molecule is NC(=O)N/N=C/c1ccc(OCCc2ccccc2)cc1. The smallest absolute Gasteiger partial charge is 0.332 e. The molecular weight excluding hydrogens is 266 g/mol. The Kier molecular flexibility index (Phi) is 5.34. The van der Waals surface area contributed by atoms with Gasteiger partial charge in [0.1, 0.15) is 5.75 Å². The van der Waals surface area contributed by atoms with Crippen LogP contribution in [0.1, 0.15) is 11.1 Å². The first kappa shape index (κ1) is 14.6. The molecule has 0 radical (unpaired) electrons. The number of hydrogen-bond donors (Lipinski definition) is 2. The van der Waals surface area contributed by atoms with Gasteiger partial charge in [-0.2, -0.15) is 5.10 Å². The molecule has 108 valence electrons. The van der Waals surface area contributed by atoms with Crippen LogP contribution in [0.2, 0.25) is 0 Å². The van der Waals surface area contributed by atoms with E-state index in [9.17, 15) is 4.79 Å². The van der Waals surface area contributed by atoms with Crippen LogP contribution in [0.4, 0.5) is 4.79 Å². The van der Waals surface area contributed by atoms with Gasteiger partial charge in [0.15, 0.2) is 0 Å². The van der Waals surface area contributed by atoms with Gasteiger partial charge in [-0.25, -0.2) is 10.2 Å². The lowest BCUT2D eigenvalue weighted by Crippen LogP contribution is -2.24. The summed E-state index contributed by atoms with van der Waals surface area (Å²) in [6.07, 6.45) is 2.38. The number of nitrogens with one attached hydrogen (secondary N) is 1. The molecule has 0 spiro atoms. The molecule has 2 rings (SSSR count). The molecule has 0 bridgehead atoms. The number of urea groups is 1. The molecule has 0 atom stereocenters. The quantitative estimate of drug-likeness (QED) is 0.630. The van der Waals surface area contributed by atoms with Crippen molar-refractivity contribution in [3.63, 3.8) is 0 Å². The van der Waals surface area contributed by atoms with Crippen molar-refractivity contribution in [2.75, 3.05) is 6.61 Å². The summed E-state index contributed by atoms with van der Waals surface area (Å²) in [5, 5.41) is 3.68. The van der Waals surface area contributed by atoms with E-state index in [2.05, 4.69) is 22.7 Å². The molecule has 0 unspecified atom stereocenters. The van der Waals surface area contributed by atoms with Crippen molar-refractivity contribution >= 4 is 12.2 Å². The zero-order valence-corrected chi connectivity index (χ0v) is 11.5. The monoisotopic (exact) mass is 283 g/mol. The summed E-state index contributed by atoms with van der Waals surface area (Å²) < 4.78 is 5.67. The fraction of sp³-hybridized carbons (Fsp3) is 0.125. The average Bonchev–Trinajstić information content (AvgIpc) is 2.50. The number of amides is 2. The number of nitrogens with two attached hydrogens (primary N) is 1. The lowest BCUT2D eigenvalue weighted by Gasteiger charge is -2.06. The molecular formula is C16H17N3O2. The highest BCUT2D eigenvalue weighted by Crippen LogP contribution is 2.11. The van der Waals surface area contributed by atoms with E-state index < -0.39 is 6.03 Å². The number of hydrogen-bond acceptors (Lipinski definition) is 3. The molecule has 0 aromatic heterocycles. The predicted octanol–water partition coefficient (Wildman–Crippen LogP) is 2.31. The molecule has 21 heavy (non-hydrogen) atoms. The van der Waals surface area contributed by atoms with Gasteiger partial charge in [0, 0.05) is 6.42 Å². The van der Waals surface area contributed by atoms with Crippen LogP contribution >= 0.6 is 0 Å². The van der Waals surface area contributed by atoms with Gasteiger partial charge in [0.05, 0.1) is 12.8 Å². The minimum Gasteiger partial charge on any atom is -0.493 e. The fourth-order valence-electron chi connectivity index (χ4n) is 1.75. The van der Waals surface area contributed by atoms with Crippen molar-refractivity contribution in [1.82, 2.24) is 5.43 Å². The molecule has 5 heteroatoms. The highest BCUT2D eigenvalue weighted by atomic mass is 16.5. The van der Waals surface area contributed by atoms with E-state index >= 15 is 0 Å². The van der Waals surface area contributed by atoms with Crippen LogP contribution in [0.25, 0.3) is 0 Å². The maximum atomic E-state index is 10.5. The third-order valence-corrected chi connectivity index (χ3v) is 2.77. The van der Waals surface area contributed by atoms with Crippen LogP contribution in [0.15, 0.2) is 59.7 Å². The first-order valence-electron chi connectivity index (χ1n) is 6.59. The number of rotatable bonds is 6. The van der Waals surface area contributed by atoms with Gasteiger partial charge in [0.2, 0.25) is 0 Å². The van der Waals surface area contributed by atoms with Crippen LogP contribution in [0.5, 0.6) is 5.75 Å². The second-order valence-electron chi connectivity index (χ2n) is 4.39. The van der Waals surface area contributed by atoms with E-state index in [-0.39, 0.29) is 0 Å². The number of ether oxygens (including phenoxy) is 1. The Labute approximate surface area is 123 Å². The maximum absolute atomic E-state index is 10.5. The molecule has 0 heterocycles. The normalized spacial score (nSPS) is 10.5. The Morgan fingerprint density at radius 1 is 1.14 bits per heavy atom. The fourth-order valence-corrected chi connectivity index (χ4v) is 1.75. The van der Waals surface area contributed by atoms with E-state index in [0.29, 0.717) is 6.61 Å². The maximum Gasteiger partial charge on any atom is 0.332 e. The number of carbonyl (C=O) groups excluding carboxylic acids is 1. The summed E-state index contributed by atoms with van der Waals surface area (Å²) in [5.74, 6) is 0.797. The van der Waals surface area contributed by atoms with E-state index in [1.165, 1.54) is 11.8 Å². The summed E-state index contributed by atoms with van der Waals surface area (Å²) in [6.45, 7) is 0.626. The second kappa shape index (κ2) is 7.69. The van der Waals surface area contributed by atoms with Crippen molar-refractivity contribution in [2.24, 2.45) is 10.8 Å². The van der Waals surface area contributed by atoms with Crippen molar-refractivity contribution in [2.45, 2.75) is 6.42 Å². The van der Waals surface area contributed by atoms with E-state index in [0.717, 1.165) is 17.7 Å². The minimum absolute atomic E-state index is 0.626. The zero-order chi connectivity index (χ0) is 14.9. The highest BCUT2D eigenvalue weighted by Gasteiger charge is 1.96. The van der Waals surface area contributed by atoms with Crippen molar-refractivity contribution < 1.29 is 9.53 Å². The third-order valence-electron chi connectivity index (χ3n) is 2.77. The lowest BCUT2D eigenvalue weighted by molar-refractivity contribution is 0.249. The summed E-state index contributed by atoms with van der Waals surface area (Å²) in [6, 6.07) is 16.9. The highest BCUT2D eigenvalue weighted by molar-refractivity contribution is 5.81. The number of carbonyl (C=O) groups is 1. The van der Waals surface area contributed by atoms with Crippen molar-refractivity contribution in [1.29, 1.82) is 0 Å². The Morgan fingerprint density at radius 2 is 1.86 bits per heavy atom. The molecule has 3 N–H and O–H groups in total. The Morgan fingerprint density at radius 3 is 2.52 bits per heavy atom. The second-order valence-corrected chi connectivity index (χ2v) is 4.39. The molecule has 0 aliphatic carbocycles. The van der Waals surface area contributed by atoms with Crippen LogP contribution in [-0.2, 0) is 6.42 Å². The first-order chi connectivity index (χ1) is 10.2. The molecule has 2 aromatic carbocycles. The standard InChI is InChI=1S/C16H17N3O2/c17-16(20)19-18-12-14-6-8-15(9-7-14)21-11-10-13-4-2-1-3-5-13/h1-9,12H,10-11H2,(H3,17,19,20)/b18-12+. The predicted molar refractivity (Wildman–Crippen MR) is 82.4 cm³/mol. The molecule has 0 aliphatic rings. The van der Waals surface area contributed by atoms with Crippen LogP contribution in [-0.4, -0.2) is 18.9 Å². The van der Waals surface area contributed by atoms with E-state index in [1.54, 1.807) is 0 Å². The van der Waals surface area contributed by atoms with E-state index in [1.807, 2.05) is 42.5 Å². The summed E-state index contributed by atoms with van der Waals surface area (Å²) in [7, 11) is 0. The van der Waals surface area contributed by atoms with Crippen LogP contribution in [0, 0.1) is 0 Å². The summed E-state index contributed by atoms with van der Waals surface area (Å²) >= 11 is 0. The molecule has 2 amide bonds. The van der Waals surface area contributed by atoms with Crippen LogP contribution < -0.4 is 15.9 Å². The van der Waals surface area contributed by atoms with Gasteiger partial charge in [-0.05, 0) is 35.4 Å². The van der Waals surface area contributed by atoms with Crippen molar-refractivity contribution in [3.05, 3.63) is 65.7 Å². The van der Waals surface area contributed by atoms with Gasteiger partial charge in [-0.1, -0.05) is 30.3 Å². The lowest BCUT2D eigenvalue weighted by atomic mass is 10.2. The zero-order valence-electron chi connectivity index (χ0n) is 11.5. The molecule has 0 fully saturated rings. The number of hydrazone groups is 1. The summed E-state index contributed by atoms with van der Waals surface area (Å²) in [4.78, 5) is 10.5. The number of primary amides is 1. The Balaban J connectivity index is 1.79. The molecule has 5 nitrogen and oxygen atoms in total. The minimum atomic E-state index is -0.688. The molecule has 0 saturated carbocycles.